The summed E-state index contributed by atoms with van der Waals surface area (Å²) in [5.41, 5.74) is 1.95. The summed E-state index contributed by atoms with van der Waals surface area (Å²) in [4.78, 5) is 16.5. The first-order valence-electron chi connectivity index (χ1n) is 8.69. The van der Waals surface area contributed by atoms with Crippen molar-refractivity contribution in [1.82, 2.24) is 16.0 Å². The average Bonchev–Trinajstić information content (AvgIpc) is 2.66. The van der Waals surface area contributed by atoms with Gasteiger partial charge in [0.2, 0.25) is 0 Å². The molecule has 0 aliphatic rings. The highest BCUT2D eigenvalue weighted by Crippen LogP contribution is 1.99. The summed E-state index contributed by atoms with van der Waals surface area (Å²) in [5.74, 6) is 0.709. The van der Waals surface area contributed by atoms with E-state index >= 15 is 0 Å². The molecule has 2 aromatic carbocycles. The summed E-state index contributed by atoms with van der Waals surface area (Å²) in [7, 11) is 0. The van der Waals surface area contributed by atoms with Crippen LogP contribution >= 0.6 is 24.0 Å². The number of guanidine groups is 1. The number of carbonyl (C=O) groups excluding carboxylic acids is 1. The lowest BCUT2D eigenvalue weighted by atomic mass is 10.2. The molecule has 0 radical (unpaired) electrons. The monoisotopic (exact) mass is 466 g/mol. The molecule has 0 aliphatic carbocycles. The second kappa shape index (κ2) is 13.2. The molecule has 2 rings (SSSR count). The molecular weight excluding hydrogens is 439 g/mol. The summed E-state index contributed by atoms with van der Waals surface area (Å²) < 4.78 is 0. The fourth-order valence-corrected chi connectivity index (χ4v) is 2.33. The van der Waals surface area contributed by atoms with Crippen LogP contribution in [0.4, 0.5) is 0 Å². The molecule has 0 unspecified atom stereocenters. The quantitative estimate of drug-likeness (QED) is 0.243. The Morgan fingerprint density at radius 1 is 0.885 bits per heavy atom. The molecule has 2 aromatic rings. The Balaban J connectivity index is 0.00000338. The van der Waals surface area contributed by atoms with Crippen molar-refractivity contribution in [3.8, 4) is 0 Å². The lowest BCUT2D eigenvalue weighted by Crippen LogP contribution is -2.41. The highest BCUT2D eigenvalue weighted by molar-refractivity contribution is 14.0. The molecule has 26 heavy (non-hydrogen) atoms. The second-order valence-electron chi connectivity index (χ2n) is 5.54. The van der Waals surface area contributed by atoms with Gasteiger partial charge in [-0.3, -0.25) is 9.79 Å². The normalized spacial score (nSPS) is 10.6. The number of carbonyl (C=O) groups is 1. The Morgan fingerprint density at radius 3 is 2.15 bits per heavy atom. The standard InChI is InChI=1S/C20H26N4O.HI/c1-2-21-20(23-14-13-17-9-5-3-6-10-17)24-16-15-22-19(25)18-11-7-4-8-12-18;/h3-12H,2,13-16H2,1H3,(H,22,25)(H2,21,23,24);1H. The Labute approximate surface area is 172 Å². The van der Waals surface area contributed by atoms with Gasteiger partial charge >= 0.3 is 0 Å². The van der Waals surface area contributed by atoms with Crippen LogP contribution in [0.25, 0.3) is 0 Å². The number of benzene rings is 2. The molecule has 1 amide bonds. The molecule has 3 N–H and O–H groups in total. The predicted molar refractivity (Wildman–Crippen MR) is 118 cm³/mol. The van der Waals surface area contributed by atoms with Gasteiger partial charge in [-0.05, 0) is 31.0 Å². The van der Waals surface area contributed by atoms with Gasteiger partial charge in [0.05, 0.1) is 0 Å². The van der Waals surface area contributed by atoms with Crippen LogP contribution in [0.15, 0.2) is 65.7 Å². The van der Waals surface area contributed by atoms with Gasteiger partial charge in [0, 0.05) is 31.7 Å². The molecular formula is C20H27IN4O. The van der Waals surface area contributed by atoms with Crippen molar-refractivity contribution in [3.63, 3.8) is 0 Å². The zero-order valence-corrected chi connectivity index (χ0v) is 17.4. The molecule has 0 saturated heterocycles. The number of amides is 1. The number of hydrogen-bond acceptors (Lipinski definition) is 2. The van der Waals surface area contributed by atoms with Gasteiger partial charge < -0.3 is 16.0 Å². The van der Waals surface area contributed by atoms with Gasteiger partial charge in [0.15, 0.2) is 5.96 Å². The van der Waals surface area contributed by atoms with E-state index in [2.05, 4.69) is 33.1 Å². The van der Waals surface area contributed by atoms with Crippen LogP contribution in [-0.4, -0.2) is 38.0 Å². The van der Waals surface area contributed by atoms with E-state index in [1.807, 2.05) is 43.3 Å². The van der Waals surface area contributed by atoms with E-state index in [-0.39, 0.29) is 29.9 Å². The number of nitrogens with one attached hydrogen (secondary N) is 3. The first-order chi connectivity index (χ1) is 12.3. The maximum absolute atomic E-state index is 12.0. The Bertz CT molecular complexity index is 662. The zero-order chi connectivity index (χ0) is 17.7. The van der Waals surface area contributed by atoms with Gasteiger partial charge in [0.1, 0.15) is 0 Å². The number of aliphatic imine (C=N–C) groups is 1. The van der Waals surface area contributed by atoms with Crippen molar-refractivity contribution in [2.45, 2.75) is 13.3 Å². The molecule has 6 heteroatoms. The third-order valence-corrected chi connectivity index (χ3v) is 3.60. The predicted octanol–water partition coefficient (Wildman–Crippen LogP) is 2.83. The third-order valence-electron chi connectivity index (χ3n) is 3.60. The zero-order valence-electron chi connectivity index (χ0n) is 15.1. The lowest BCUT2D eigenvalue weighted by molar-refractivity contribution is 0.0954. The van der Waals surface area contributed by atoms with E-state index in [1.165, 1.54) is 5.56 Å². The van der Waals surface area contributed by atoms with Gasteiger partial charge in [0.25, 0.3) is 5.91 Å². The third kappa shape index (κ3) is 8.33. The largest absolute Gasteiger partial charge is 0.357 e. The summed E-state index contributed by atoms with van der Waals surface area (Å²) >= 11 is 0. The first kappa shape index (κ1) is 22.0. The fraction of sp³-hybridized carbons (Fsp3) is 0.300. The highest BCUT2D eigenvalue weighted by atomic mass is 127. The molecule has 0 saturated carbocycles. The van der Waals surface area contributed by atoms with Crippen molar-refractivity contribution in [2.75, 3.05) is 26.2 Å². The van der Waals surface area contributed by atoms with E-state index in [1.54, 1.807) is 12.1 Å². The Morgan fingerprint density at radius 2 is 1.50 bits per heavy atom. The van der Waals surface area contributed by atoms with E-state index in [4.69, 9.17) is 0 Å². The molecule has 0 spiro atoms. The van der Waals surface area contributed by atoms with Crippen molar-refractivity contribution in [1.29, 1.82) is 0 Å². The molecule has 0 bridgehead atoms. The summed E-state index contributed by atoms with van der Waals surface area (Å²) in [6.07, 6.45) is 0.905. The topological polar surface area (TPSA) is 65.5 Å². The van der Waals surface area contributed by atoms with Gasteiger partial charge in [-0.2, -0.15) is 0 Å². The summed E-state index contributed by atoms with van der Waals surface area (Å²) in [6.45, 7) is 4.71. The maximum atomic E-state index is 12.0. The minimum atomic E-state index is -0.0617. The average molecular weight is 466 g/mol. The summed E-state index contributed by atoms with van der Waals surface area (Å²) in [5, 5.41) is 9.35. The van der Waals surface area contributed by atoms with E-state index < -0.39 is 0 Å². The number of rotatable bonds is 8. The smallest absolute Gasteiger partial charge is 0.251 e. The van der Waals surface area contributed by atoms with Crippen LogP contribution < -0.4 is 16.0 Å². The minimum Gasteiger partial charge on any atom is -0.357 e. The van der Waals surface area contributed by atoms with Crippen LogP contribution in [-0.2, 0) is 6.42 Å². The molecule has 0 heterocycles. The van der Waals surface area contributed by atoms with Gasteiger partial charge in [-0.1, -0.05) is 48.5 Å². The first-order valence-corrected chi connectivity index (χ1v) is 8.69. The van der Waals surface area contributed by atoms with E-state index in [0.29, 0.717) is 18.7 Å². The summed E-state index contributed by atoms with van der Waals surface area (Å²) in [6, 6.07) is 19.5. The van der Waals surface area contributed by atoms with Crippen LogP contribution in [0.2, 0.25) is 0 Å². The molecule has 0 atom stereocenters. The number of nitrogens with zero attached hydrogens (tertiary/aromatic N) is 1. The minimum absolute atomic E-state index is 0. The van der Waals surface area contributed by atoms with Crippen molar-refractivity contribution >= 4 is 35.8 Å². The Kier molecular flexibility index (Phi) is 11.1. The highest BCUT2D eigenvalue weighted by Gasteiger charge is 2.03. The van der Waals surface area contributed by atoms with Crippen LogP contribution in [0.3, 0.4) is 0 Å². The molecule has 0 aromatic heterocycles. The maximum Gasteiger partial charge on any atom is 0.251 e. The van der Waals surface area contributed by atoms with Crippen LogP contribution in [0.5, 0.6) is 0 Å². The van der Waals surface area contributed by atoms with Gasteiger partial charge in [-0.25, -0.2) is 0 Å². The van der Waals surface area contributed by atoms with E-state index in [0.717, 1.165) is 25.5 Å². The molecule has 0 fully saturated rings. The molecule has 5 nitrogen and oxygen atoms in total. The SMILES string of the molecule is CCNC(=NCCc1ccccc1)NCCNC(=O)c1ccccc1.I. The van der Waals surface area contributed by atoms with Crippen molar-refractivity contribution in [3.05, 3.63) is 71.8 Å². The number of halogens is 1. The second-order valence-corrected chi connectivity index (χ2v) is 5.54. The Hall–Kier alpha value is -2.09. The van der Waals surface area contributed by atoms with Crippen molar-refractivity contribution < 1.29 is 4.79 Å². The fourth-order valence-electron chi connectivity index (χ4n) is 2.33. The van der Waals surface area contributed by atoms with Crippen molar-refractivity contribution in [2.24, 2.45) is 4.99 Å². The van der Waals surface area contributed by atoms with Crippen LogP contribution in [0, 0.1) is 0 Å². The van der Waals surface area contributed by atoms with Gasteiger partial charge in [-0.15, -0.1) is 24.0 Å². The van der Waals surface area contributed by atoms with Crippen LogP contribution in [0.1, 0.15) is 22.8 Å². The molecule has 140 valence electrons. The number of hydrogen-bond donors (Lipinski definition) is 3. The van der Waals surface area contributed by atoms with E-state index in [9.17, 15) is 4.79 Å². The lowest BCUT2D eigenvalue weighted by Gasteiger charge is -2.12. The molecule has 0 aliphatic heterocycles.